The zero-order chi connectivity index (χ0) is 22.9. The van der Waals surface area contributed by atoms with Crippen LogP contribution in [-0.2, 0) is 24.2 Å². The largest absolute Gasteiger partial charge is 0.337 e. The molecule has 0 spiro atoms. The number of fused-ring (bicyclic) bond motifs is 1. The Morgan fingerprint density at radius 3 is 2.67 bits per heavy atom. The number of para-hydroxylation sites is 1. The molecule has 0 saturated carbocycles. The Balaban J connectivity index is 1.27. The van der Waals surface area contributed by atoms with E-state index < -0.39 is 0 Å². The number of aromatic nitrogens is 4. The van der Waals surface area contributed by atoms with E-state index in [9.17, 15) is 9.59 Å². The van der Waals surface area contributed by atoms with Crippen molar-refractivity contribution in [3.05, 3.63) is 59.2 Å². The van der Waals surface area contributed by atoms with Crippen LogP contribution in [0.25, 0.3) is 5.69 Å². The minimum absolute atomic E-state index is 0.00229. The van der Waals surface area contributed by atoms with E-state index in [4.69, 9.17) is 5.10 Å². The van der Waals surface area contributed by atoms with Crippen molar-refractivity contribution in [2.75, 3.05) is 18.4 Å². The summed E-state index contributed by atoms with van der Waals surface area (Å²) in [6.07, 6.45) is 7.71. The number of carbonyl (C=O) groups excluding carboxylic acids is 2. The third-order valence-corrected chi connectivity index (χ3v) is 6.85. The first-order valence-electron chi connectivity index (χ1n) is 11.8. The van der Waals surface area contributed by atoms with Gasteiger partial charge in [-0.25, -0.2) is 4.68 Å². The second kappa shape index (κ2) is 8.84. The molecule has 0 atom stereocenters. The van der Waals surface area contributed by atoms with Gasteiger partial charge in [-0.1, -0.05) is 18.2 Å². The van der Waals surface area contributed by atoms with E-state index in [1.807, 2.05) is 34.8 Å². The minimum atomic E-state index is -0.103. The van der Waals surface area contributed by atoms with Crippen molar-refractivity contribution in [3.63, 3.8) is 0 Å². The van der Waals surface area contributed by atoms with Crippen molar-refractivity contribution in [3.8, 4) is 5.69 Å². The molecule has 1 saturated heterocycles. The molecule has 2 amide bonds. The number of likely N-dealkylation sites (tertiary alicyclic amines) is 1. The topological polar surface area (TPSA) is 85.0 Å². The lowest BCUT2D eigenvalue weighted by atomic mass is 9.95. The summed E-state index contributed by atoms with van der Waals surface area (Å²) in [4.78, 5) is 28.0. The number of piperidine rings is 1. The molecule has 3 heterocycles. The quantitative estimate of drug-likeness (QED) is 0.651. The number of carbonyl (C=O) groups is 2. The predicted octanol–water partition coefficient (Wildman–Crippen LogP) is 3.38. The Labute approximate surface area is 193 Å². The molecule has 2 aliphatic rings. The number of benzene rings is 1. The van der Waals surface area contributed by atoms with Gasteiger partial charge in [-0.3, -0.25) is 14.3 Å². The predicted molar refractivity (Wildman–Crippen MR) is 125 cm³/mol. The fraction of sp³-hybridized carbons (Fsp3) is 0.440. The average Bonchev–Trinajstić information content (AvgIpc) is 3.56. The van der Waals surface area contributed by atoms with Gasteiger partial charge in [0.25, 0.3) is 5.91 Å². The molecule has 0 bridgehead atoms. The van der Waals surface area contributed by atoms with Crippen molar-refractivity contribution in [1.29, 1.82) is 0 Å². The van der Waals surface area contributed by atoms with Crippen LogP contribution in [0.5, 0.6) is 0 Å². The van der Waals surface area contributed by atoms with Gasteiger partial charge < -0.3 is 10.2 Å². The zero-order valence-corrected chi connectivity index (χ0v) is 19.3. The van der Waals surface area contributed by atoms with Crippen molar-refractivity contribution < 1.29 is 9.59 Å². The van der Waals surface area contributed by atoms with Crippen LogP contribution in [0.15, 0.2) is 36.7 Å². The average molecular weight is 447 g/mol. The second-order valence-electron chi connectivity index (χ2n) is 8.97. The molecule has 0 radical (unpaired) electrons. The van der Waals surface area contributed by atoms with Crippen LogP contribution in [0.3, 0.4) is 0 Å². The molecule has 1 aromatic carbocycles. The van der Waals surface area contributed by atoms with Crippen molar-refractivity contribution in [2.24, 2.45) is 5.92 Å². The monoisotopic (exact) mass is 446 g/mol. The van der Waals surface area contributed by atoms with Gasteiger partial charge in [0, 0.05) is 43.0 Å². The van der Waals surface area contributed by atoms with E-state index in [-0.39, 0.29) is 17.7 Å². The molecule has 8 heteroatoms. The number of anilines is 1. The van der Waals surface area contributed by atoms with Gasteiger partial charge in [0.2, 0.25) is 5.91 Å². The van der Waals surface area contributed by atoms with Crippen LogP contribution in [0.4, 0.5) is 5.69 Å². The number of amides is 2. The fourth-order valence-corrected chi connectivity index (χ4v) is 4.95. The van der Waals surface area contributed by atoms with Gasteiger partial charge >= 0.3 is 0 Å². The zero-order valence-electron chi connectivity index (χ0n) is 19.3. The van der Waals surface area contributed by atoms with E-state index in [0.717, 1.165) is 54.0 Å². The van der Waals surface area contributed by atoms with E-state index in [1.165, 1.54) is 0 Å². The maximum atomic E-state index is 13.4. The maximum absolute atomic E-state index is 13.4. The molecule has 172 valence electrons. The molecule has 3 aromatic rings. The number of aryl methyl sites for hydroxylation is 2. The van der Waals surface area contributed by atoms with E-state index in [0.29, 0.717) is 31.6 Å². The summed E-state index contributed by atoms with van der Waals surface area (Å²) in [5, 5.41) is 12.0. The Kier molecular flexibility index (Phi) is 5.74. The van der Waals surface area contributed by atoms with Crippen LogP contribution >= 0.6 is 0 Å². The summed E-state index contributed by atoms with van der Waals surface area (Å²) in [6, 6.07) is 8.16. The summed E-state index contributed by atoms with van der Waals surface area (Å²) in [5.74, 6) is -0.111. The van der Waals surface area contributed by atoms with Gasteiger partial charge in [0.1, 0.15) is 0 Å². The van der Waals surface area contributed by atoms with Crippen LogP contribution in [0, 0.1) is 12.8 Å². The lowest BCUT2D eigenvalue weighted by Gasteiger charge is -2.31. The molecule has 5 rings (SSSR count). The number of nitrogens with zero attached hydrogens (tertiary/aromatic N) is 5. The van der Waals surface area contributed by atoms with Gasteiger partial charge in [-0.15, -0.1) is 0 Å². The molecule has 1 fully saturated rings. The number of rotatable bonds is 5. The Morgan fingerprint density at radius 1 is 1.15 bits per heavy atom. The summed E-state index contributed by atoms with van der Waals surface area (Å²) in [6.45, 7) is 5.97. The highest BCUT2D eigenvalue weighted by Gasteiger charge is 2.33. The van der Waals surface area contributed by atoms with E-state index in [2.05, 4.69) is 29.5 Å². The summed E-state index contributed by atoms with van der Waals surface area (Å²) in [7, 11) is 0. The third-order valence-electron chi connectivity index (χ3n) is 6.85. The minimum Gasteiger partial charge on any atom is -0.337 e. The highest BCUT2D eigenvalue weighted by Crippen LogP contribution is 2.30. The van der Waals surface area contributed by atoms with Crippen molar-refractivity contribution >= 4 is 17.5 Å². The molecule has 2 aromatic heterocycles. The van der Waals surface area contributed by atoms with Gasteiger partial charge in [-0.2, -0.15) is 10.2 Å². The first-order chi connectivity index (χ1) is 16.0. The molecule has 0 unspecified atom stereocenters. The molecular weight excluding hydrogens is 416 g/mol. The number of nitrogens with one attached hydrogen (secondary N) is 1. The normalized spacial score (nSPS) is 16.1. The Hall–Kier alpha value is -3.42. The van der Waals surface area contributed by atoms with E-state index in [1.54, 1.807) is 10.9 Å². The molecule has 1 aliphatic heterocycles. The van der Waals surface area contributed by atoms with Crippen LogP contribution in [0.1, 0.15) is 53.5 Å². The smallest absolute Gasteiger partial charge is 0.274 e. The number of hydrogen-bond acceptors (Lipinski definition) is 4. The number of hydrogen-bond donors (Lipinski definition) is 1. The second-order valence-corrected chi connectivity index (χ2v) is 8.97. The lowest BCUT2D eigenvalue weighted by Crippen LogP contribution is -2.41. The SMILES string of the molecule is CCn1cc(NC(=O)C2CCN(C(=O)c3nn(-c4ccccc4C)c4c3CCC4)CC2)cn1. The fourth-order valence-electron chi connectivity index (χ4n) is 4.95. The standard InChI is InChI=1S/C25H30N6O2/c1-3-30-16-19(15-26-30)27-24(32)18-11-13-29(14-12-18)25(33)23-20-8-6-10-22(20)31(28-23)21-9-5-4-7-17(21)2/h4-5,7,9,15-16,18H,3,6,8,10-14H2,1-2H3,(H,27,32). The maximum Gasteiger partial charge on any atom is 0.274 e. The third kappa shape index (κ3) is 4.05. The lowest BCUT2D eigenvalue weighted by molar-refractivity contribution is -0.121. The Morgan fingerprint density at radius 2 is 1.94 bits per heavy atom. The van der Waals surface area contributed by atoms with Crippen molar-refractivity contribution in [2.45, 2.75) is 52.5 Å². The highest BCUT2D eigenvalue weighted by atomic mass is 16.2. The van der Waals surface area contributed by atoms with E-state index >= 15 is 0 Å². The molecule has 33 heavy (non-hydrogen) atoms. The molecule has 1 aliphatic carbocycles. The molecule has 8 nitrogen and oxygen atoms in total. The molecule has 1 N–H and O–H groups in total. The van der Waals surface area contributed by atoms with Gasteiger partial charge in [0.15, 0.2) is 5.69 Å². The van der Waals surface area contributed by atoms with Crippen LogP contribution in [0.2, 0.25) is 0 Å². The van der Waals surface area contributed by atoms with Gasteiger partial charge in [-0.05, 0) is 57.6 Å². The first-order valence-corrected chi connectivity index (χ1v) is 11.8. The highest BCUT2D eigenvalue weighted by molar-refractivity contribution is 5.95. The summed E-state index contributed by atoms with van der Waals surface area (Å²) < 4.78 is 3.76. The summed E-state index contributed by atoms with van der Waals surface area (Å²) in [5.41, 5.74) is 5.74. The molecular formula is C25H30N6O2. The Bertz CT molecular complexity index is 1190. The van der Waals surface area contributed by atoms with Crippen LogP contribution < -0.4 is 5.32 Å². The van der Waals surface area contributed by atoms with Crippen molar-refractivity contribution in [1.82, 2.24) is 24.5 Å². The first kappa shape index (κ1) is 21.4. The summed E-state index contributed by atoms with van der Waals surface area (Å²) >= 11 is 0. The van der Waals surface area contributed by atoms with Gasteiger partial charge in [0.05, 0.1) is 17.6 Å². The van der Waals surface area contributed by atoms with Crippen LogP contribution in [-0.4, -0.2) is 49.4 Å².